The number of rotatable bonds is 3. The summed E-state index contributed by atoms with van der Waals surface area (Å²) in [7, 11) is 0. The lowest BCUT2D eigenvalue weighted by atomic mass is 10.0. The van der Waals surface area contributed by atoms with Crippen molar-refractivity contribution in [1.82, 2.24) is 15.0 Å². The Balaban J connectivity index is 1.68. The molecule has 2 N–H and O–H groups in total. The van der Waals surface area contributed by atoms with Gasteiger partial charge < -0.3 is 10.1 Å². The van der Waals surface area contributed by atoms with Crippen LogP contribution < -0.4 is 0 Å². The second-order valence-electron chi connectivity index (χ2n) is 5.61. The van der Waals surface area contributed by atoms with Gasteiger partial charge in [0.05, 0.1) is 5.69 Å². The second-order valence-corrected chi connectivity index (χ2v) is 5.61. The van der Waals surface area contributed by atoms with E-state index in [-0.39, 0.29) is 11.6 Å². The molecule has 0 spiro atoms. The van der Waals surface area contributed by atoms with Crippen molar-refractivity contribution in [3.05, 3.63) is 79.0 Å². The molecule has 4 rings (SSSR count). The first-order chi connectivity index (χ1) is 12.2. The number of hydrogen-bond donors (Lipinski definition) is 2. The van der Waals surface area contributed by atoms with Crippen LogP contribution in [0.3, 0.4) is 0 Å². The quantitative estimate of drug-likeness (QED) is 0.574. The minimum Gasteiger partial charge on any atom is -0.507 e. The van der Waals surface area contributed by atoms with Crippen LogP contribution in [-0.4, -0.2) is 20.1 Å². The van der Waals surface area contributed by atoms with Gasteiger partial charge in [-0.05, 0) is 47.5 Å². The van der Waals surface area contributed by atoms with Crippen LogP contribution in [0.1, 0.15) is 0 Å². The van der Waals surface area contributed by atoms with Crippen molar-refractivity contribution >= 4 is 0 Å². The molecule has 0 saturated carbocycles. The molecular formula is C20H14FN3O. The molecule has 4 aromatic rings. The predicted octanol–water partition coefficient (Wildman–Crippen LogP) is 4.65. The molecule has 2 heterocycles. The van der Waals surface area contributed by atoms with E-state index in [1.807, 2.05) is 18.2 Å². The molecule has 0 radical (unpaired) electrons. The van der Waals surface area contributed by atoms with Crippen LogP contribution in [0, 0.1) is 5.82 Å². The highest BCUT2D eigenvalue weighted by Crippen LogP contribution is 2.33. The fourth-order valence-electron chi connectivity index (χ4n) is 2.69. The Kier molecular flexibility index (Phi) is 3.74. The fourth-order valence-corrected chi connectivity index (χ4v) is 2.69. The van der Waals surface area contributed by atoms with Crippen molar-refractivity contribution < 1.29 is 9.50 Å². The van der Waals surface area contributed by atoms with Gasteiger partial charge in [-0.2, -0.15) is 0 Å². The first kappa shape index (κ1) is 15.1. The Morgan fingerprint density at radius 2 is 1.56 bits per heavy atom. The van der Waals surface area contributed by atoms with Gasteiger partial charge in [-0.25, -0.2) is 9.37 Å². The largest absolute Gasteiger partial charge is 0.507 e. The Morgan fingerprint density at radius 1 is 0.840 bits per heavy atom. The van der Waals surface area contributed by atoms with E-state index in [0.29, 0.717) is 17.1 Å². The van der Waals surface area contributed by atoms with E-state index in [9.17, 15) is 9.50 Å². The molecule has 0 unspecified atom stereocenters. The van der Waals surface area contributed by atoms with Crippen LogP contribution in [0.4, 0.5) is 4.39 Å². The lowest BCUT2D eigenvalue weighted by Crippen LogP contribution is -1.84. The maximum atomic E-state index is 13.0. The molecule has 2 aromatic heterocycles. The molecule has 0 aliphatic rings. The molecule has 122 valence electrons. The second kappa shape index (κ2) is 6.20. The molecular weight excluding hydrogens is 317 g/mol. The van der Waals surface area contributed by atoms with Gasteiger partial charge in [0.2, 0.25) is 0 Å². The van der Waals surface area contributed by atoms with E-state index < -0.39 is 0 Å². The van der Waals surface area contributed by atoms with Crippen LogP contribution in [0.25, 0.3) is 33.8 Å². The Morgan fingerprint density at radius 3 is 2.28 bits per heavy atom. The number of aromatic hydroxyl groups is 1. The van der Waals surface area contributed by atoms with Gasteiger partial charge in [-0.3, -0.25) is 4.98 Å². The maximum absolute atomic E-state index is 13.0. The van der Waals surface area contributed by atoms with Crippen LogP contribution in [0.5, 0.6) is 5.75 Å². The number of hydrogen-bond acceptors (Lipinski definition) is 3. The van der Waals surface area contributed by atoms with E-state index in [0.717, 1.165) is 16.7 Å². The third-order valence-corrected chi connectivity index (χ3v) is 3.98. The lowest BCUT2D eigenvalue weighted by molar-refractivity contribution is 0.477. The highest BCUT2D eigenvalue weighted by Gasteiger charge is 2.11. The average Bonchev–Trinajstić information content (AvgIpc) is 3.13. The molecule has 4 nitrogen and oxygen atoms in total. The van der Waals surface area contributed by atoms with Crippen molar-refractivity contribution in [2.75, 3.05) is 0 Å². The standard InChI is InChI=1S/C20H14FN3O/c21-16-4-1-13(2-5-16)15-3-6-17(19(25)11-15)18-12-23-20(24-18)14-7-9-22-10-8-14/h1-12,25H,(H,23,24). The first-order valence-corrected chi connectivity index (χ1v) is 7.76. The topological polar surface area (TPSA) is 61.8 Å². The molecule has 0 saturated heterocycles. The molecule has 0 amide bonds. The number of aromatic nitrogens is 3. The smallest absolute Gasteiger partial charge is 0.138 e. The zero-order valence-corrected chi connectivity index (χ0v) is 13.1. The fraction of sp³-hybridized carbons (Fsp3) is 0. The number of pyridine rings is 1. The summed E-state index contributed by atoms with van der Waals surface area (Å²) in [5.41, 5.74) is 3.84. The molecule has 0 aliphatic heterocycles. The number of halogens is 1. The van der Waals surface area contributed by atoms with E-state index in [4.69, 9.17) is 0 Å². The normalized spacial score (nSPS) is 10.8. The molecule has 5 heteroatoms. The number of H-pyrrole nitrogens is 1. The summed E-state index contributed by atoms with van der Waals surface area (Å²) >= 11 is 0. The molecule has 0 aliphatic carbocycles. The molecule has 2 aromatic carbocycles. The third-order valence-electron chi connectivity index (χ3n) is 3.98. The van der Waals surface area contributed by atoms with Crippen LogP contribution in [0.15, 0.2) is 73.2 Å². The summed E-state index contributed by atoms with van der Waals surface area (Å²) in [5.74, 6) is 0.541. The maximum Gasteiger partial charge on any atom is 0.138 e. The van der Waals surface area contributed by atoms with Crippen molar-refractivity contribution in [2.45, 2.75) is 0 Å². The summed E-state index contributed by atoms with van der Waals surface area (Å²) < 4.78 is 13.0. The average molecular weight is 331 g/mol. The van der Waals surface area contributed by atoms with E-state index in [2.05, 4.69) is 15.0 Å². The summed E-state index contributed by atoms with van der Waals surface area (Å²) in [5, 5.41) is 10.4. The third kappa shape index (κ3) is 2.99. The molecule has 25 heavy (non-hydrogen) atoms. The van der Waals surface area contributed by atoms with Gasteiger partial charge in [0.25, 0.3) is 0 Å². The van der Waals surface area contributed by atoms with E-state index in [1.165, 1.54) is 12.1 Å². The Bertz CT molecular complexity index is 1010. The molecule has 0 atom stereocenters. The molecule has 0 bridgehead atoms. The number of imidazole rings is 1. The summed E-state index contributed by atoms with van der Waals surface area (Å²) in [6, 6.07) is 15.2. The van der Waals surface area contributed by atoms with Crippen molar-refractivity contribution in [3.63, 3.8) is 0 Å². The minimum absolute atomic E-state index is 0.120. The number of aromatic amines is 1. The summed E-state index contributed by atoms with van der Waals surface area (Å²) in [6.45, 7) is 0. The van der Waals surface area contributed by atoms with Crippen LogP contribution >= 0.6 is 0 Å². The first-order valence-electron chi connectivity index (χ1n) is 7.76. The number of benzene rings is 2. The number of phenols is 1. The van der Waals surface area contributed by atoms with Gasteiger partial charge in [-0.15, -0.1) is 0 Å². The van der Waals surface area contributed by atoms with Crippen molar-refractivity contribution in [2.24, 2.45) is 0 Å². The predicted molar refractivity (Wildman–Crippen MR) is 94.3 cm³/mol. The van der Waals surface area contributed by atoms with Crippen molar-refractivity contribution in [3.8, 4) is 39.5 Å². The Labute approximate surface area is 143 Å². The zero-order valence-electron chi connectivity index (χ0n) is 13.1. The minimum atomic E-state index is -0.287. The van der Waals surface area contributed by atoms with E-state index in [1.54, 1.807) is 42.9 Å². The van der Waals surface area contributed by atoms with Gasteiger partial charge >= 0.3 is 0 Å². The Hall–Kier alpha value is -3.47. The highest BCUT2D eigenvalue weighted by atomic mass is 19.1. The van der Waals surface area contributed by atoms with Gasteiger partial charge in [0.1, 0.15) is 17.4 Å². The van der Waals surface area contributed by atoms with Crippen molar-refractivity contribution in [1.29, 1.82) is 0 Å². The van der Waals surface area contributed by atoms with Gasteiger partial charge in [0.15, 0.2) is 0 Å². The van der Waals surface area contributed by atoms with Crippen LogP contribution in [0.2, 0.25) is 0 Å². The van der Waals surface area contributed by atoms with Gasteiger partial charge in [-0.1, -0.05) is 18.2 Å². The lowest BCUT2D eigenvalue weighted by Gasteiger charge is -2.06. The van der Waals surface area contributed by atoms with Crippen LogP contribution in [-0.2, 0) is 0 Å². The number of phenolic OH excluding ortho intramolecular Hbond substituents is 1. The monoisotopic (exact) mass is 331 g/mol. The zero-order chi connectivity index (χ0) is 17.2. The van der Waals surface area contributed by atoms with Gasteiger partial charge in [0, 0.05) is 29.7 Å². The summed E-state index contributed by atoms with van der Waals surface area (Å²) in [6.07, 6.45) is 5.15. The summed E-state index contributed by atoms with van der Waals surface area (Å²) in [4.78, 5) is 11.6. The number of nitrogens with one attached hydrogen (secondary N) is 1. The number of nitrogens with zero attached hydrogens (tertiary/aromatic N) is 2. The SMILES string of the molecule is Oc1cc(-c2ccc(F)cc2)ccc1-c1c[nH]c(-c2ccncc2)n1. The molecule has 0 fully saturated rings. The van der Waals surface area contributed by atoms with E-state index >= 15 is 0 Å². The highest BCUT2D eigenvalue weighted by molar-refractivity contribution is 5.75.